The summed E-state index contributed by atoms with van der Waals surface area (Å²) in [6.45, 7) is 1.26. The molecule has 12 rings (SSSR count). The van der Waals surface area contributed by atoms with Gasteiger partial charge < -0.3 is 5.73 Å². The Morgan fingerprint density at radius 3 is 2.34 bits per heavy atom. The van der Waals surface area contributed by atoms with Crippen molar-refractivity contribution in [1.29, 1.82) is 0 Å². The highest BCUT2D eigenvalue weighted by atomic mass is 15.3. The van der Waals surface area contributed by atoms with Gasteiger partial charge in [-0.05, 0) is 155 Å². The maximum Gasteiger partial charge on any atom is 0.0500 e. The predicted molar refractivity (Wildman–Crippen MR) is 239 cm³/mol. The standard InChI is InChI=1S/C56H54N2/c57-33-15-3-4-16-37-34-39(52-32-29-42-36-58(42)52)28-30-43(37)38-27-31-47-51(35-38)55(40-17-5-1-6-18-40,41-19-7-2-8-20-41)53-46-23-11-14-26-50(46)56(54(47)53)48-24-12-9-21-44(48)45-22-10-13-25-49(45)56/h1,3-7,9,11-12,14-15,17-19,21,23-24,26-28,30-31,33-35,41-42,52-54H,2,8,10,13,16,20,22,25,29,32,36,57H2/b4-3-,33-15-/t41?,42?,52?,53?,54?,55?,56?,58-/m1/s1. The third-order valence-corrected chi connectivity index (χ3v) is 16.0. The van der Waals surface area contributed by atoms with Gasteiger partial charge in [-0.25, -0.2) is 0 Å². The molecule has 5 aromatic carbocycles. The van der Waals surface area contributed by atoms with Crippen LogP contribution < -0.4 is 5.73 Å². The molecule has 1 spiro atoms. The first-order valence-corrected chi connectivity index (χ1v) is 22.4. The van der Waals surface area contributed by atoms with Crippen molar-refractivity contribution in [2.24, 2.45) is 11.7 Å². The van der Waals surface area contributed by atoms with E-state index >= 15 is 0 Å². The molecule has 2 nitrogen and oxygen atoms in total. The third kappa shape index (κ3) is 4.76. The number of fused-ring (bicyclic) bond motifs is 12. The molecule has 8 atom stereocenters. The lowest BCUT2D eigenvalue weighted by Gasteiger charge is -2.45. The highest BCUT2D eigenvalue weighted by molar-refractivity contribution is 5.87. The number of hydrogen-bond donors (Lipinski definition) is 1. The van der Waals surface area contributed by atoms with Gasteiger partial charge in [0.1, 0.15) is 0 Å². The second kappa shape index (κ2) is 13.4. The van der Waals surface area contributed by atoms with Gasteiger partial charge in [-0.3, -0.25) is 4.90 Å². The molecule has 7 unspecified atom stereocenters. The first-order chi connectivity index (χ1) is 28.7. The summed E-state index contributed by atoms with van der Waals surface area (Å²) >= 11 is 0. The lowest BCUT2D eigenvalue weighted by molar-refractivity contribution is 0.281. The number of piperidine rings is 1. The maximum absolute atomic E-state index is 5.77. The molecule has 2 aliphatic heterocycles. The fourth-order valence-electron chi connectivity index (χ4n) is 13.9. The van der Waals surface area contributed by atoms with Crippen LogP contribution in [0.5, 0.6) is 0 Å². The van der Waals surface area contributed by atoms with Crippen LogP contribution in [0.2, 0.25) is 0 Å². The van der Waals surface area contributed by atoms with Crippen LogP contribution in [0, 0.1) is 5.92 Å². The molecule has 2 N–H and O–H groups in total. The second-order valence-corrected chi connectivity index (χ2v) is 18.4. The van der Waals surface area contributed by atoms with E-state index < -0.39 is 0 Å². The Bertz CT molecular complexity index is 2570. The number of benzene rings is 5. The van der Waals surface area contributed by atoms with Crippen LogP contribution >= 0.6 is 0 Å². The molecule has 0 aromatic heterocycles. The smallest absolute Gasteiger partial charge is 0.0500 e. The fourth-order valence-corrected chi connectivity index (χ4v) is 13.9. The van der Waals surface area contributed by atoms with Crippen molar-refractivity contribution in [3.8, 4) is 11.1 Å². The van der Waals surface area contributed by atoms with E-state index in [0.29, 0.717) is 23.8 Å². The Kier molecular flexibility index (Phi) is 8.06. The SMILES string of the molecule is N/C=C\C=C/Cc1cc(C2CCC3C[N@]32)ccc1-c1ccc2c(c1)C(c1ccccc1)(C1C=CCCC1)C1c3ccccc3C3(C4=C(CCCC4)c4ccccc43)C21. The van der Waals surface area contributed by atoms with Crippen LogP contribution in [0.1, 0.15) is 126 Å². The van der Waals surface area contributed by atoms with Crippen molar-refractivity contribution in [3.63, 3.8) is 0 Å². The van der Waals surface area contributed by atoms with Gasteiger partial charge in [0.05, 0.1) is 5.41 Å². The van der Waals surface area contributed by atoms with Crippen molar-refractivity contribution in [1.82, 2.24) is 4.90 Å². The van der Waals surface area contributed by atoms with Gasteiger partial charge in [-0.1, -0.05) is 139 Å². The van der Waals surface area contributed by atoms with Crippen molar-refractivity contribution in [2.45, 2.75) is 99.0 Å². The normalized spacial score (nSPS) is 31.1. The molecule has 2 heterocycles. The van der Waals surface area contributed by atoms with E-state index in [1.807, 2.05) is 6.08 Å². The third-order valence-electron chi connectivity index (χ3n) is 16.0. The van der Waals surface area contributed by atoms with Gasteiger partial charge in [0.15, 0.2) is 0 Å². The molecule has 0 saturated carbocycles. The minimum Gasteiger partial charge on any atom is -0.405 e. The molecule has 5 aliphatic carbocycles. The lowest BCUT2D eigenvalue weighted by Crippen LogP contribution is -2.40. The molecular weight excluding hydrogens is 701 g/mol. The molecule has 2 fully saturated rings. The van der Waals surface area contributed by atoms with Gasteiger partial charge in [-0.2, -0.15) is 0 Å². The van der Waals surface area contributed by atoms with Gasteiger partial charge in [0.25, 0.3) is 0 Å². The van der Waals surface area contributed by atoms with Gasteiger partial charge in [0, 0.05) is 35.9 Å². The van der Waals surface area contributed by atoms with E-state index in [9.17, 15) is 0 Å². The summed E-state index contributed by atoms with van der Waals surface area (Å²) in [6.07, 6.45) is 25.2. The summed E-state index contributed by atoms with van der Waals surface area (Å²) in [5, 5.41) is 0. The summed E-state index contributed by atoms with van der Waals surface area (Å²) in [5.74, 6) is 1.01. The summed E-state index contributed by atoms with van der Waals surface area (Å²) in [5.41, 5.74) is 25.3. The van der Waals surface area contributed by atoms with Gasteiger partial charge in [0.2, 0.25) is 0 Å². The topological polar surface area (TPSA) is 29.0 Å². The molecule has 2 saturated heterocycles. The minimum atomic E-state index is -0.218. The van der Waals surface area contributed by atoms with Crippen molar-refractivity contribution >= 4 is 5.57 Å². The summed E-state index contributed by atoms with van der Waals surface area (Å²) < 4.78 is 0. The molecule has 288 valence electrons. The van der Waals surface area contributed by atoms with E-state index in [2.05, 4.69) is 144 Å². The van der Waals surface area contributed by atoms with Crippen LogP contribution in [-0.4, -0.2) is 17.5 Å². The Labute approximate surface area is 344 Å². The minimum absolute atomic E-state index is 0.163. The van der Waals surface area contributed by atoms with Crippen LogP contribution in [0.3, 0.4) is 0 Å². The number of hydrogen-bond acceptors (Lipinski definition) is 2. The maximum atomic E-state index is 5.77. The molecule has 0 amide bonds. The van der Waals surface area contributed by atoms with Crippen LogP contribution in [-0.2, 0) is 17.3 Å². The van der Waals surface area contributed by atoms with Crippen LogP contribution in [0.15, 0.2) is 157 Å². The monoisotopic (exact) mass is 754 g/mol. The van der Waals surface area contributed by atoms with E-state index in [4.69, 9.17) is 5.73 Å². The first kappa shape index (κ1) is 34.8. The zero-order valence-electron chi connectivity index (χ0n) is 33.6. The molecule has 5 aromatic rings. The highest BCUT2D eigenvalue weighted by Crippen LogP contribution is 2.77. The largest absolute Gasteiger partial charge is 0.405 e. The van der Waals surface area contributed by atoms with Crippen molar-refractivity contribution in [3.05, 3.63) is 207 Å². The summed E-state index contributed by atoms with van der Waals surface area (Å²) in [4.78, 5) is 2.70. The second-order valence-electron chi connectivity index (χ2n) is 18.4. The summed E-state index contributed by atoms with van der Waals surface area (Å²) in [7, 11) is 0. The Morgan fingerprint density at radius 2 is 1.52 bits per heavy atom. The van der Waals surface area contributed by atoms with Crippen LogP contribution in [0.25, 0.3) is 16.7 Å². The van der Waals surface area contributed by atoms with Gasteiger partial charge in [-0.15, -0.1) is 0 Å². The van der Waals surface area contributed by atoms with E-state index in [-0.39, 0.29) is 10.8 Å². The predicted octanol–water partition coefficient (Wildman–Crippen LogP) is 12.6. The van der Waals surface area contributed by atoms with E-state index in [1.165, 1.54) is 97.7 Å². The zero-order chi connectivity index (χ0) is 38.4. The average Bonchev–Trinajstić information content (AvgIpc) is 3.55. The molecule has 0 radical (unpaired) electrons. The number of nitrogens with two attached hydrogens (primary N) is 1. The van der Waals surface area contributed by atoms with Crippen molar-refractivity contribution in [2.75, 3.05) is 6.54 Å². The van der Waals surface area contributed by atoms with E-state index in [0.717, 1.165) is 12.5 Å². The molecule has 2 heteroatoms. The first-order valence-electron chi connectivity index (χ1n) is 22.4. The quantitative estimate of drug-likeness (QED) is 0.102. The molecule has 58 heavy (non-hydrogen) atoms. The number of rotatable bonds is 7. The number of allylic oxidation sites excluding steroid dienone is 7. The van der Waals surface area contributed by atoms with Crippen LogP contribution in [0.4, 0.5) is 0 Å². The van der Waals surface area contributed by atoms with Crippen molar-refractivity contribution < 1.29 is 0 Å². The zero-order valence-corrected chi connectivity index (χ0v) is 33.6. The molecule has 0 bridgehead atoms. The Balaban J connectivity index is 1.13. The lowest BCUT2D eigenvalue weighted by atomic mass is 9.57. The molecular formula is C56H54N2. The number of nitrogens with zero attached hydrogens (tertiary/aromatic N) is 1. The Morgan fingerprint density at radius 1 is 0.690 bits per heavy atom. The van der Waals surface area contributed by atoms with E-state index in [1.54, 1.807) is 45.2 Å². The molecule has 7 aliphatic rings. The fraction of sp³-hybridized carbons (Fsp3) is 0.321. The average molecular weight is 755 g/mol. The Hall–Kier alpha value is -5.18. The summed E-state index contributed by atoms with van der Waals surface area (Å²) in [6, 6.07) is 47.9. The highest BCUT2D eigenvalue weighted by Gasteiger charge is 2.69. The van der Waals surface area contributed by atoms with Gasteiger partial charge >= 0.3 is 0 Å².